The smallest absolute Gasteiger partial charge is 0.182 e. The van der Waals surface area contributed by atoms with Gasteiger partial charge in [-0.1, -0.05) is 24.6 Å². The first-order valence-electron chi connectivity index (χ1n) is 4.50. The van der Waals surface area contributed by atoms with Crippen molar-refractivity contribution < 1.29 is 4.79 Å². The van der Waals surface area contributed by atoms with Crippen LogP contribution in [0.2, 0.25) is 5.02 Å². The normalized spacial score (nSPS) is 12.6. The molecule has 0 aromatic heterocycles. The van der Waals surface area contributed by atoms with Gasteiger partial charge in [-0.15, -0.1) is 11.6 Å². The first-order valence-corrected chi connectivity index (χ1v) is 5.32. The molecule has 0 fully saturated rings. The van der Waals surface area contributed by atoms with Gasteiger partial charge >= 0.3 is 0 Å². The highest BCUT2D eigenvalue weighted by molar-refractivity contribution is 6.38. The van der Waals surface area contributed by atoms with Gasteiger partial charge in [-0.2, -0.15) is 0 Å². The van der Waals surface area contributed by atoms with Crippen LogP contribution in [0.1, 0.15) is 29.3 Å². The molecule has 0 heterocycles. The van der Waals surface area contributed by atoms with Gasteiger partial charge in [0.1, 0.15) is 0 Å². The molecule has 1 nitrogen and oxygen atoms in total. The number of Topliss-reactive ketones (excluding diaryl/α,β-unsaturated/α-hetero) is 1. The number of carbonyl (C=O) groups is 1. The summed E-state index contributed by atoms with van der Waals surface area (Å²) in [5.41, 5.74) is 1.55. The second kappa shape index (κ2) is 4.81. The van der Waals surface area contributed by atoms with E-state index in [-0.39, 0.29) is 5.78 Å². The van der Waals surface area contributed by atoms with Gasteiger partial charge < -0.3 is 0 Å². The molecule has 0 aliphatic heterocycles. The molecule has 0 aliphatic carbocycles. The van der Waals surface area contributed by atoms with Crippen LogP contribution in [0.15, 0.2) is 18.2 Å². The highest BCUT2D eigenvalue weighted by atomic mass is 35.5. The molecule has 0 radical (unpaired) electrons. The molecule has 0 spiro atoms. The number of hydrogen-bond donors (Lipinski definition) is 0. The van der Waals surface area contributed by atoms with E-state index >= 15 is 0 Å². The molecule has 0 saturated heterocycles. The van der Waals surface area contributed by atoms with Crippen LogP contribution in [0.4, 0.5) is 0 Å². The van der Waals surface area contributed by atoms with Gasteiger partial charge in [-0.05, 0) is 31.0 Å². The monoisotopic (exact) mass is 230 g/mol. The molecule has 76 valence electrons. The minimum atomic E-state index is -0.477. The highest BCUT2D eigenvalue weighted by Gasteiger charge is 2.17. The summed E-state index contributed by atoms with van der Waals surface area (Å²) in [4.78, 5) is 11.7. The van der Waals surface area contributed by atoms with Gasteiger partial charge in [0.25, 0.3) is 0 Å². The Bertz CT molecular complexity index is 347. The van der Waals surface area contributed by atoms with E-state index in [1.807, 2.05) is 19.9 Å². The number of aryl methyl sites for hydroxylation is 1. The van der Waals surface area contributed by atoms with Crippen molar-refractivity contribution in [1.82, 2.24) is 0 Å². The molecule has 0 amide bonds. The van der Waals surface area contributed by atoms with Crippen LogP contribution in [0, 0.1) is 6.92 Å². The van der Waals surface area contributed by atoms with Crippen molar-refractivity contribution >= 4 is 29.0 Å². The van der Waals surface area contributed by atoms with Crippen LogP contribution >= 0.6 is 23.2 Å². The third-order valence-electron chi connectivity index (χ3n) is 2.03. The lowest BCUT2D eigenvalue weighted by molar-refractivity contribution is 0.0986. The molecule has 1 aromatic rings. The van der Waals surface area contributed by atoms with E-state index in [9.17, 15) is 4.79 Å². The minimum Gasteiger partial charge on any atom is -0.292 e. The molecule has 0 N–H and O–H groups in total. The quantitative estimate of drug-likeness (QED) is 0.570. The fraction of sp³-hybridized carbons (Fsp3) is 0.364. The van der Waals surface area contributed by atoms with E-state index in [1.165, 1.54) is 0 Å². The summed E-state index contributed by atoms with van der Waals surface area (Å²) < 4.78 is 0. The first-order chi connectivity index (χ1) is 6.56. The maximum atomic E-state index is 11.7. The van der Waals surface area contributed by atoms with E-state index in [4.69, 9.17) is 23.2 Å². The summed E-state index contributed by atoms with van der Waals surface area (Å²) in [5.74, 6) is -0.0980. The Labute approximate surface area is 94.0 Å². The average Bonchev–Trinajstić information content (AvgIpc) is 2.15. The summed E-state index contributed by atoms with van der Waals surface area (Å²) in [6.07, 6.45) is 0.616. The lowest BCUT2D eigenvalue weighted by atomic mass is 10.1. The fourth-order valence-corrected chi connectivity index (χ4v) is 1.62. The van der Waals surface area contributed by atoms with Gasteiger partial charge in [-0.25, -0.2) is 0 Å². The Kier molecular flexibility index (Phi) is 3.97. The molecular formula is C11H12Cl2O. The summed E-state index contributed by atoms with van der Waals surface area (Å²) >= 11 is 11.8. The number of hydrogen-bond acceptors (Lipinski definition) is 1. The zero-order valence-electron chi connectivity index (χ0n) is 8.18. The number of carbonyl (C=O) groups excluding carboxylic acids is 1. The molecule has 0 bridgehead atoms. The van der Waals surface area contributed by atoms with Gasteiger partial charge in [0.15, 0.2) is 5.78 Å². The largest absolute Gasteiger partial charge is 0.292 e. The molecule has 3 heteroatoms. The summed E-state index contributed by atoms with van der Waals surface area (Å²) in [6, 6.07) is 5.36. The van der Waals surface area contributed by atoms with Crippen LogP contribution in [0.3, 0.4) is 0 Å². The van der Waals surface area contributed by atoms with Crippen LogP contribution in [-0.2, 0) is 0 Å². The molecule has 1 rings (SSSR count). The van der Waals surface area contributed by atoms with Crippen LogP contribution in [-0.4, -0.2) is 11.2 Å². The second-order valence-electron chi connectivity index (χ2n) is 3.22. The second-order valence-corrected chi connectivity index (χ2v) is 4.16. The lowest BCUT2D eigenvalue weighted by Crippen LogP contribution is -2.13. The average molecular weight is 231 g/mol. The third kappa shape index (κ3) is 2.49. The molecule has 0 aliphatic rings. The predicted molar refractivity (Wildman–Crippen MR) is 60.5 cm³/mol. The summed E-state index contributed by atoms with van der Waals surface area (Å²) in [6.45, 7) is 3.80. The van der Waals surface area contributed by atoms with Gasteiger partial charge in [0.05, 0.1) is 10.4 Å². The Hall–Kier alpha value is -0.530. The zero-order valence-corrected chi connectivity index (χ0v) is 9.69. The van der Waals surface area contributed by atoms with E-state index in [1.54, 1.807) is 12.1 Å². The molecular weight excluding hydrogens is 219 g/mol. The molecule has 14 heavy (non-hydrogen) atoms. The maximum absolute atomic E-state index is 11.7. The van der Waals surface area contributed by atoms with E-state index in [2.05, 4.69) is 0 Å². The van der Waals surface area contributed by atoms with Crippen molar-refractivity contribution in [2.24, 2.45) is 0 Å². The van der Waals surface area contributed by atoms with E-state index < -0.39 is 5.38 Å². The lowest BCUT2D eigenvalue weighted by Gasteiger charge is -2.07. The van der Waals surface area contributed by atoms with E-state index in [0.717, 1.165) is 5.56 Å². The van der Waals surface area contributed by atoms with Gasteiger partial charge in [0, 0.05) is 5.56 Å². The third-order valence-corrected chi connectivity index (χ3v) is 2.85. The highest BCUT2D eigenvalue weighted by Crippen LogP contribution is 2.21. The maximum Gasteiger partial charge on any atom is 0.182 e. The predicted octanol–water partition coefficient (Wildman–Crippen LogP) is 3.85. The fourth-order valence-electron chi connectivity index (χ4n) is 1.17. The van der Waals surface area contributed by atoms with Crippen LogP contribution in [0.25, 0.3) is 0 Å². The van der Waals surface area contributed by atoms with Crippen molar-refractivity contribution in [2.75, 3.05) is 0 Å². The first kappa shape index (κ1) is 11.5. The number of alkyl halides is 1. The van der Waals surface area contributed by atoms with Crippen molar-refractivity contribution in [3.8, 4) is 0 Å². The van der Waals surface area contributed by atoms with Crippen molar-refractivity contribution in [1.29, 1.82) is 0 Å². The van der Waals surface area contributed by atoms with Crippen molar-refractivity contribution in [2.45, 2.75) is 25.6 Å². The Morgan fingerprint density at radius 2 is 2.14 bits per heavy atom. The number of ketones is 1. The Morgan fingerprint density at radius 3 is 2.64 bits per heavy atom. The van der Waals surface area contributed by atoms with Crippen molar-refractivity contribution in [3.05, 3.63) is 34.3 Å². The van der Waals surface area contributed by atoms with Gasteiger partial charge in [-0.3, -0.25) is 4.79 Å². The van der Waals surface area contributed by atoms with Crippen LogP contribution in [0.5, 0.6) is 0 Å². The number of benzene rings is 1. The number of halogens is 2. The van der Waals surface area contributed by atoms with Crippen molar-refractivity contribution in [3.63, 3.8) is 0 Å². The SMILES string of the molecule is CCC(Cl)C(=O)c1ccc(C)cc1Cl. The minimum absolute atomic E-state index is 0.0980. The molecule has 1 aromatic carbocycles. The standard InChI is InChI=1S/C11H12Cl2O/c1-3-9(12)11(14)8-5-4-7(2)6-10(8)13/h4-6,9H,3H2,1-2H3. The summed E-state index contributed by atoms with van der Waals surface area (Å²) in [7, 11) is 0. The molecule has 1 unspecified atom stereocenters. The Morgan fingerprint density at radius 1 is 1.50 bits per heavy atom. The summed E-state index contributed by atoms with van der Waals surface area (Å²) in [5, 5.41) is 0.00399. The van der Waals surface area contributed by atoms with Crippen LogP contribution < -0.4 is 0 Å². The number of rotatable bonds is 3. The topological polar surface area (TPSA) is 17.1 Å². The zero-order chi connectivity index (χ0) is 10.7. The molecule has 1 atom stereocenters. The molecule has 0 saturated carbocycles. The van der Waals surface area contributed by atoms with Gasteiger partial charge in [0.2, 0.25) is 0 Å². The Balaban J connectivity index is 3.02. The van der Waals surface area contributed by atoms with E-state index in [0.29, 0.717) is 17.0 Å².